The molecule has 1 nitrogen and oxygen atoms in total. The zero-order valence-corrected chi connectivity index (χ0v) is 11.5. The van der Waals surface area contributed by atoms with Crippen molar-refractivity contribution in [1.82, 2.24) is 4.90 Å². The third-order valence-corrected chi connectivity index (χ3v) is 3.62. The third kappa shape index (κ3) is 2.10. The van der Waals surface area contributed by atoms with Crippen LogP contribution in [0.2, 0.25) is 0 Å². The average Bonchev–Trinajstić information content (AvgIpc) is 2.64. The van der Waals surface area contributed by atoms with E-state index in [1.807, 2.05) is 0 Å². The fourth-order valence-electron chi connectivity index (χ4n) is 3.00. The highest BCUT2D eigenvalue weighted by Gasteiger charge is 2.26. The predicted octanol–water partition coefficient (Wildman–Crippen LogP) is 4.22. The maximum absolute atomic E-state index is 2.51. The van der Waals surface area contributed by atoms with Gasteiger partial charge in [-0.05, 0) is 23.5 Å². The van der Waals surface area contributed by atoms with Gasteiger partial charge in [0, 0.05) is 24.4 Å². The molecule has 0 N–H and O–H groups in total. The van der Waals surface area contributed by atoms with Crippen molar-refractivity contribution in [3.8, 4) is 0 Å². The van der Waals surface area contributed by atoms with E-state index in [4.69, 9.17) is 0 Å². The van der Waals surface area contributed by atoms with Crippen LogP contribution in [0.1, 0.15) is 38.3 Å². The van der Waals surface area contributed by atoms with Gasteiger partial charge in [-0.1, -0.05) is 56.7 Å². The van der Waals surface area contributed by atoms with Gasteiger partial charge in [-0.25, -0.2) is 0 Å². The van der Waals surface area contributed by atoms with Crippen LogP contribution in [0.5, 0.6) is 0 Å². The molecule has 1 aromatic rings. The SMILES string of the molecule is CC(C)(C)CC1=CC=C2c3ccccc3CN2C1. The Labute approximate surface area is 110 Å². The van der Waals surface area contributed by atoms with Crippen LogP contribution in [0.25, 0.3) is 5.70 Å². The summed E-state index contributed by atoms with van der Waals surface area (Å²) in [5.74, 6) is 0. The fraction of sp³-hybridized carbons (Fsp3) is 0.412. The van der Waals surface area contributed by atoms with Crippen LogP contribution in [0.15, 0.2) is 42.0 Å². The molecule has 2 heterocycles. The van der Waals surface area contributed by atoms with Gasteiger partial charge in [-0.2, -0.15) is 0 Å². The highest BCUT2D eigenvalue weighted by Crippen LogP contribution is 2.37. The Morgan fingerprint density at radius 3 is 2.61 bits per heavy atom. The molecular weight excluding hydrogens is 218 g/mol. The Morgan fingerprint density at radius 2 is 1.83 bits per heavy atom. The highest BCUT2D eigenvalue weighted by molar-refractivity contribution is 5.73. The number of hydrogen-bond acceptors (Lipinski definition) is 1. The van der Waals surface area contributed by atoms with Crippen LogP contribution in [0.4, 0.5) is 0 Å². The molecule has 1 aromatic carbocycles. The van der Waals surface area contributed by atoms with E-state index in [1.54, 1.807) is 5.57 Å². The highest BCUT2D eigenvalue weighted by atomic mass is 15.2. The average molecular weight is 239 g/mol. The normalized spacial score (nSPS) is 18.1. The number of allylic oxidation sites excluding steroid dienone is 2. The van der Waals surface area contributed by atoms with E-state index in [0.29, 0.717) is 5.41 Å². The zero-order chi connectivity index (χ0) is 12.8. The van der Waals surface area contributed by atoms with Crippen LogP contribution in [-0.4, -0.2) is 11.4 Å². The Balaban J connectivity index is 1.88. The Bertz CT molecular complexity index is 529. The summed E-state index contributed by atoms with van der Waals surface area (Å²) in [5.41, 5.74) is 6.23. The van der Waals surface area contributed by atoms with Crippen molar-refractivity contribution < 1.29 is 0 Å². The monoisotopic (exact) mass is 239 g/mol. The zero-order valence-electron chi connectivity index (χ0n) is 11.5. The molecule has 0 radical (unpaired) electrons. The van der Waals surface area contributed by atoms with Gasteiger partial charge < -0.3 is 4.90 Å². The van der Waals surface area contributed by atoms with Gasteiger partial charge in [-0.15, -0.1) is 0 Å². The second-order valence-corrected chi connectivity index (χ2v) is 6.63. The number of hydrogen-bond donors (Lipinski definition) is 0. The first-order valence-electron chi connectivity index (χ1n) is 6.76. The molecule has 94 valence electrons. The van der Waals surface area contributed by atoms with Crippen molar-refractivity contribution in [2.75, 3.05) is 6.54 Å². The summed E-state index contributed by atoms with van der Waals surface area (Å²) >= 11 is 0. The van der Waals surface area contributed by atoms with Crippen molar-refractivity contribution in [2.45, 2.75) is 33.7 Å². The van der Waals surface area contributed by atoms with Crippen LogP contribution < -0.4 is 0 Å². The Hall–Kier alpha value is -1.50. The van der Waals surface area contributed by atoms with Gasteiger partial charge >= 0.3 is 0 Å². The summed E-state index contributed by atoms with van der Waals surface area (Å²) in [4.78, 5) is 2.51. The van der Waals surface area contributed by atoms with E-state index in [2.05, 4.69) is 62.1 Å². The Morgan fingerprint density at radius 1 is 1.06 bits per heavy atom. The Kier molecular flexibility index (Phi) is 2.58. The number of fused-ring (bicyclic) bond motifs is 3. The van der Waals surface area contributed by atoms with E-state index >= 15 is 0 Å². The van der Waals surface area contributed by atoms with Gasteiger partial charge in [0.25, 0.3) is 0 Å². The largest absolute Gasteiger partial charge is 0.363 e. The van der Waals surface area contributed by atoms with E-state index < -0.39 is 0 Å². The standard InChI is InChI=1S/C17H21N/c1-17(2,3)10-13-8-9-16-15-7-5-4-6-14(15)12-18(16)11-13/h4-9H,10-12H2,1-3H3. The lowest BCUT2D eigenvalue weighted by Gasteiger charge is -2.29. The van der Waals surface area contributed by atoms with Crippen molar-refractivity contribution in [2.24, 2.45) is 5.41 Å². The first kappa shape index (κ1) is 11.6. The van der Waals surface area contributed by atoms with Gasteiger partial charge in [-0.3, -0.25) is 0 Å². The molecule has 0 amide bonds. The first-order valence-corrected chi connectivity index (χ1v) is 6.76. The fourth-order valence-corrected chi connectivity index (χ4v) is 3.00. The first-order chi connectivity index (χ1) is 8.53. The molecule has 0 aliphatic carbocycles. The molecular formula is C17H21N. The van der Waals surface area contributed by atoms with E-state index in [9.17, 15) is 0 Å². The van der Waals surface area contributed by atoms with Crippen LogP contribution >= 0.6 is 0 Å². The molecule has 0 saturated heterocycles. The van der Waals surface area contributed by atoms with Crippen LogP contribution in [-0.2, 0) is 6.54 Å². The third-order valence-electron chi connectivity index (χ3n) is 3.62. The summed E-state index contributed by atoms with van der Waals surface area (Å²) < 4.78 is 0. The molecule has 2 aliphatic rings. The molecule has 3 rings (SSSR count). The van der Waals surface area contributed by atoms with Crippen LogP contribution in [0, 0.1) is 5.41 Å². The van der Waals surface area contributed by atoms with Crippen molar-refractivity contribution >= 4 is 5.70 Å². The molecule has 2 aliphatic heterocycles. The maximum Gasteiger partial charge on any atom is 0.0449 e. The minimum atomic E-state index is 0.379. The summed E-state index contributed by atoms with van der Waals surface area (Å²) in [6.07, 6.45) is 5.82. The lowest BCUT2D eigenvalue weighted by molar-refractivity contribution is 0.372. The van der Waals surface area contributed by atoms with Gasteiger partial charge in [0.15, 0.2) is 0 Å². The van der Waals surface area contributed by atoms with Gasteiger partial charge in [0.2, 0.25) is 0 Å². The molecule has 18 heavy (non-hydrogen) atoms. The molecule has 0 bridgehead atoms. The molecule has 0 saturated carbocycles. The summed E-state index contributed by atoms with van der Waals surface area (Å²) in [5, 5.41) is 0. The topological polar surface area (TPSA) is 3.24 Å². The number of nitrogens with zero attached hydrogens (tertiary/aromatic N) is 1. The second kappa shape index (κ2) is 4.01. The lowest BCUT2D eigenvalue weighted by Crippen LogP contribution is -2.23. The smallest absolute Gasteiger partial charge is 0.0449 e. The van der Waals surface area contributed by atoms with E-state index in [0.717, 1.165) is 13.1 Å². The molecule has 0 atom stereocenters. The lowest BCUT2D eigenvalue weighted by atomic mass is 9.87. The minimum absolute atomic E-state index is 0.379. The number of rotatable bonds is 1. The predicted molar refractivity (Wildman–Crippen MR) is 77.0 cm³/mol. The van der Waals surface area contributed by atoms with Gasteiger partial charge in [0.05, 0.1) is 0 Å². The molecule has 0 aromatic heterocycles. The van der Waals surface area contributed by atoms with Gasteiger partial charge in [0.1, 0.15) is 0 Å². The molecule has 0 spiro atoms. The van der Waals surface area contributed by atoms with E-state index in [-0.39, 0.29) is 0 Å². The minimum Gasteiger partial charge on any atom is -0.363 e. The molecule has 0 unspecified atom stereocenters. The van der Waals surface area contributed by atoms with E-state index in [1.165, 1.54) is 23.2 Å². The van der Waals surface area contributed by atoms with Crippen molar-refractivity contribution in [3.05, 3.63) is 53.1 Å². The second-order valence-electron chi connectivity index (χ2n) is 6.63. The van der Waals surface area contributed by atoms with Crippen molar-refractivity contribution in [1.29, 1.82) is 0 Å². The van der Waals surface area contributed by atoms with Crippen LogP contribution in [0.3, 0.4) is 0 Å². The molecule has 1 heteroatoms. The summed E-state index contributed by atoms with van der Waals surface area (Å²) in [6, 6.07) is 8.76. The summed E-state index contributed by atoms with van der Waals surface area (Å²) in [7, 11) is 0. The quantitative estimate of drug-likeness (QED) is 0.709. The maximum atomic E-state index is 2.51. The van der Waals surface area contributed by atoms with Crippen molar-refractivity contribution in [3.63, 3.8) is 0 Å². The summed E-state index contributed by atoms with van der Waals surface area (Å²) in [6.45, 7) is 9.10. The number of benzene rings is 1. The molecule has 0 fully saturated rings.